The molecular weight excluding hydrogens is 328 g/mol. The predicted molar refractivity (Wildman–Crippen MR) is 89.3 cm³/mol. The second-order valence-electron chi connectivity index (χ2n) is 5.36. The van der Waals surface area contributed by atoms with Crippen LogP contribution in [0, 0.1) is 0 Å². The van der Waals surface area contributed by atoms with E-state index >= 15 is 0 Å². The van der Waals surface area contributed by atoms with Crippen molar-refractivity contribution in [3.63, 3.8) is 0 Å². The van der Waals surface area contributed by atoms with Crippen LogP contribution >= 0.6 is 0 Å². The topological polar surface area (TPSA) is 87.4 Å². The van der Waals surface area contributed by atoms with Crippen molar-refractivity contribution in [2.45, 2.75) is 0 Å². The van der Waals surface area contributed by atoms with E-state index in [1.165, 1.54) is 27.4 Å². The number of ether oxygens (including phenoxy) is 4. The first-order valence-corrected chi connectivity index (χ1v) is 7.40. The molecule has 0 saturated carbocycles. The van der Waals surface area contributed by atoms with Gasteiger partial charge in [0.25, 0.3) is 0 Å². The maximum absolute atomic E-state index is 12.0. The molecule has 1 aromatic heterocycles. The lowest BCUT2D eigenvalue weighted by Gasteiger charge is -2.25. The van der Waals surface area contributed by atoms with Crippen LogP contribution in [0.3, 0.4) is 0 Å². The minimum atomic E-state index is -0.524. The van der Waals surface area contributed by atoms with Gasteiger partial charge in [-0.15, -0.1) is 0 Å². The second kappa shape index (κ2) is 5.34. The zero-order chi connectivity index (χ0) is 17.7. The SMILES string of the molecule is COc1c(O)c2c(c(OC)c1OC)-c1cc(=O)oc3cccc(c13)O2. The zero-order valence-electron chi connectivity index (χ0n) is 13.7. The van der Waals surface area contributed by atoms with E-state index in [4.69, 9.17) is 23.4 Å². The van der Waals surface area contributed by atoms with Crippen molar-refractivity contribution in [3.05, 3.63) is 34.7 Å². The highest BCUT2D eigenvalue weighted by Crippen LogP contribution is 2.60. The Kier molecular flexibility index (Phi) is 3.24. The van der Waals surface area contributed by atoms with Gasteiger partial charge >= 0.3 is 5.63 Å². The van der Waals surface area contributed by atoms with E-state index in [1.54, 1.807) is 18.2 Å². The fraction of sp³-hybridized carbons (Fsp3) is 0.167. The summed E-state index contributed by atoms with van der Waals surface area (Å²) in [5.41, 5.74) is 0.774. The number of methoxy groups -OCH3 is 3. The number of hydrogen-bond donors (Lipinski definition) is 1. The molecular formula is C18H14O7. The molecule has 0 spiro atoms. The molecule has 0 saturated heterocycles. The van der Waals surface area contributed by atoms with Crippen molar-refractivity contribution in [1.29, 1.82) is 0 Å². The van der Waals surface area contributed by atoms with Crippen LogP contribution in [0.1, 0.15) is 0 Å². The molecule has 7 nitrogen and oxygen atoms in total. The summed E-state index contributed by atoms with van der Waals surface area (Å²) < 4.78 is 27.2. The fourth-order valence-electron chi connectivity index (χ4n) is 3.14. The molecule has 0 amide bonds. The molecule has 0 fully saturated rings. The Labute approximate surface area is 141 Å². The van der Waals surface area contributed by atoms with Crippen molar-refractivity contribution in [1.82, 2.24) is 0 Å². The standard InChI is InChI=1S/C18H14O7/c1-21-16-13-8-7-11(19)24-9-5-4-6-10(12(8)9)25-15(13)14(20)17(22-2)18(16)23-3/h4-7,20H,1-3H3. The third kappa shape index (κ3) is 1.95. The quantitative estimate of drug-likeness (QED) is 0.572. The van der Waals surface area contributed by atoms with Gasteiger partial charge in [0.1, 0.15) is 11.3 Å². The van der Waals surface area contributed by atoms with Gasteiger partial charge in [-0.05, 0) is 12.1 Å². The first kappa shape index (κ1) is 15.2. The number of fused-ring (bicyclic) bond motifs is 2. The van der Waals surface area contributed by atoms with Crippen molar-refractivity contribution in [3.8, 4) is 45.6 Å². The van der Waals surface area contributed by atoms with Gasteiger partial charge in [-0.1, -0.05) is 6.07 Å². The Morgan fingerprint density at radius 1 is 1.00 bits per heavy atom. The Morgan fingerprint density at radius 3 is 2.40 bits per heavy atom. The lowest BCUT2D eigenvalue weighted by Crippen LogP contribution is -2.06. The monoisotopic (exact) mass is 342 g/mol. The van der Waals surface area contributed by atoms with Gasteiger partial charge in [0.15, 0.2) is 11.5 Å². The summed E-state index contributed by atoms with van der Waals surface area (Å²) in [4.78, 5) is 12.0. The van der Waals surface area contributed by atoms with E-state index in [2.05, 4.69) is 0 Å². The Bertz CT molecular complexity index is 1070. The molecule has 128 valence electrons. The van der Waals surface area contributed by atoms with E-state index in [1.807, 2.05) is 0 Å². The van der Waals surface area contributed by atoms with Gasteiger partial charge in [0.2, 0.25) is 17.2 Å². The number of hydrogen-bond acceptors (Lipinski definition) is 7. The predicted octanol–water partition coefficient (Wildman–Crippen LogP) is 3.30. The molecule has 1 N–H and O–H groups in total. The number of phenolic OH excluding ortho intramolecular Hbond substituents is 1. The van der Waals surface area contributed by atoms with Crippen LogP contribution < -0.4 is 24.6 Å². The largest absolute Gasteiger partial charge is 0.502 e. The first-order valence-electron chi connectivity index (χ1n) is 7.40. The van der Waals surface area contributed by atoms with Crippen LogP contribution in [0.25, 0.3) is 22.1 Å². The maximum Gasteiger partial charge on any atom is 0.336 e. The first-order chi connectivity index (χ1) is 12.1. The highest BCUT2D eigenvalue weighted by molar-refractivity contribution is 6.04. The molecule has 0 atom stereocenters. The molecule has 0 unspecified atom stereocenters. The van der Waals surface area contributed by atoms with Crippen LogP contribution in [0.15, 0.2) is 33.5 Å². The summed E-state index contributed by atoms with van der Waals surface area (Å²) in [6, 6.07) is 6.42. The molecule has 2 aromatic carbocycles. The number of rotatable bonds is 3. The molecule has 0 aliphatic carbocycles. The average molecular weight is 342 g/mol. The second-order valence-corrected chi connectivity index (χ2v) is 5.36. The van der Waals surface area contributed by atoms with Gasteiger partial charge in [-0.3, -0.25) is 0 Å². The molecule has 2 heterocycles. The van der Waals surface area contributed by atoms with Crippen molar-refractivity contribution < 1.29 is 28.5 Å². The molecule has 4 rings (SSSR count). The zero-order valence-corrected chi connectivity index (χ0v) is 13.7. The van der Waals surface area contributed by atoms with E-state index < -0.39 is 5.63 Å². The van der Waals surface area contributed by atoms with Gasteiger partial charge in [-0.2, -0.15) is 0 Å². The molecule has 1 aliphatic heterocycles. The normalized spacial score (nSPS) is 11.6. The van der Waals surface area contributed by atoms with Crippen molar-refractivity contribution >= 4 is 11.0 Å². The fourth-order valence-corrected chi connectivity index (χ4v) is 3.14. The summed E-state index contributed by atoms with van der Waals surface area (Å²) >= 11 is 0. The van der Waals surface area contributed by atoms with Crippen LogP contribution in [-0.2, 0) is 0 Å². The lowest BCUT2D eigenvalue weighted by atomic mass is 9.96. The van der Waals surface area contributed by atoms with Crippen LogP contribution in [0.5, 0.6) is 34.5 Å². The minimum absolute atomic E-state index is 0.0803. The van der Waals surface area contributed by atoms with Gasteiger partial charge in [0, 0.05) is 11.6 Å². The third-order valence-electron chi connectivity index (χ3n) is 4.12. The Hall–Kier alpha value is -3.35. The summed E-state index contributed by atoms with van der Waals surface area (Å²) in [6.45, 7) is 0. The number of aromatic hydroxyl groups is 1. The summed E-state index contributed by atoms with van der Waals surface area (Å²) in [5, 5.41) is 11.2. The molecule has 25 heavy (non-hydrogen) atoms. The smallest absolute Gasteiger partial charge is 0.336 e. The highest BCUT2D eigenvalue weighted by Gasteiger charge is 2.33. The van der Waals surface area contributed by atoms with Crippen molar-refractivity contribution in [2.24, 2.45) is 0 Å². The molecule has 0 radical (unpaired) electrons. The molecule has 1 aliphatic rings. The van der Waals surface area contributed by atoms with Gasteiger partial charge in [-0.25, -0.2) is 4.79 Å². The molecule has 7 heteroatoms. The third-order valence-corrected chi connectivity index (χ3v) is 4.12. The summed E-state index contributed by atoms with van der Waals surface area (Å²) in [7, 11) is 4.28. The summed E-state index contributed by atoms with van der Waals surface area (Å²) in [5.74, 6) is 0.898. The minimum Gasteiger partial charge on any atom is -0.502 e. The van der Waals surface area contributed by atoms with Gasteiger partial charge in [0.05, 0.1) is 32.3 Å². The maximum atomic E-state index is 12.0. The Balaban J connectivity index is 2.23. The van der Waals surface area contributed by atoms with Crippen LogP contribution in [0.2, 0.25) is 0 Å². The van der Waals surface area contributed by atoms with E-state index in [0.29, 0.717) is 27.8 Å². The number of phenols is 1. The van der Waals surface area contributed by atoms with E-state index in [0.717, 1.165) is 0 Å². The average Bonchev–Trinajstić information content (AvgIpc) is 2.61. The molecule has 0 bridgehead atoms. The van der Waals surface area contributed by atoms with Crippen LogP contribution in [0.4, 0.5) is 0 Å². The summed E-state index contributed by atoms with van der Waals surface area (Å²) in [6.07, 6.45) is 0. The van der Waals surface area contributed by atoms with E-state index in [-0.39, 0.29) is 28.7 Å². The lowest BCUT2D eigenvalue weighted by molar-refractivity contribution is 0.303. The van der Waals surface area contributed by atoms with Crippen molar-refractivity contribution in [2.75, 3.05) is 21.3 Å². The van der Waals surface area contributed by atoms with E-state index in [9.17, 15) is 9.90 Å². The Morgan fingerprint density at radius 2 is 1.72 bits per heavy atom. The van der Waals surface area contributed by atoms with Crippen LogP contribution in [-0.4, -0.2) is 26.4 Å². The molecule has 3 aromatic rings. The highest BCUT2D eigenvalue weighted by atomic mass is 16.5. The number of benzene rings is 2. The van der Waals surface area contributed by atoms with Gasteiger partial charge < -0.3 is 28.5 Å².